The van der Waals surface area contributed by atoms with Gasteiger partial charge in [-0.15, -0.1) is 0 Å². The Morgan fingerprint density at radius 2 is 2.18 bits per heavy atom. The number of carbonyl (C=O) groups is 1. The van der Waals surface area contributed by atoms with Crippen molar-refractivity contribution in [2.24, 2.45) is 5.73 Å². The predicted molar refractivity (Wildman–Crippen MR) is 67.6 cm³/mol. The Balaban J connectivity index is 2.77. The standard InChI is InChI=1S/C13H17ClFNO/c1-3-6-13(2,16)12(17)8-9-4-5-11(15)10(14)7-9/h4-5,7H,3,6,8,16H2,1-2H3. The Morgan fingerprint density at radius 1 is 1.53 bits per heavy atom. The van der Waals surface area contributed by atoms with Crippen LogP contribution in [0.25, 0.3) is 0 Å². The maximum atomic E-state index is 12.9. The van der Waals surface area contributed by atoms with E-state index in [2.05, 4.69) is 0 Å². The number of hydrogen-bond acceptors (Lipinski definition) is 2. The van der Waals surface area contributed by atoms with Crippen LogP contribution in [-0.2, 0) is 11.2 Å². The molecule has 0 aliphatic heterocycles. The molecule has 0 heterocycles. The minimum Gasteiger partial charge on any atom is -0.319 e. The van der Waals surface area contributed by atoms with Gasteiger partial charge in [-0.2, -0.15) is 0 Å². The summed E-state index contributed by atoms with van der Waals surface area (Å²) in [6, 6.07) is 4.29. The van der Waals surface area contributed by atoms with E-state index < -0.39 is 11.4 Å². The van der Waals surface area contributed by atoms with Crippen LogP contribution in [0.2, 0.25) is 5.02 Å². The van der Waals surface area contributed by atoms with Gasteiger partial charge in [-0.1, -0.05) is 31.0 Å². The van der Waals surface area contributed by atoms with E-state index >= 15 is 0 Å². The van der Waals surface area contributed by atoms with Gasteiger partial charge in [-0.25, -0.2) is 4.39 Å². The van der Waals surface area contributed by atoms with Crippen molar-refractivity contribution in [3.8, 4) is 0 Å². The summed E-state index contributed by atoms with van der Waals surface area (Å²) in [5.74, 6) is -0.533. The van der Waals surface area contributed by atoms with Crippen LogP contribution in [0.5, 0.6) is 0 Å². The summed E-state index contributed by atoms with van der Waals surface area (Å²) in [5.41, 5.74) is 5.80. The second kappa shape index (κ2) is 5.61. The third-order valence-electron chi connectivity index (χ3n) is 2.76. The molecule has 2 N–H and O–H groups in total. The van der Waals surface area contributed by atoms with Gasteiger partial charge in [0.05, 0.1) is 10.6 Å². The molecule has 94 valence electrons. The summed E-state index contributed by atoms with van der Waals surface area (Å²) >= 11 is 5.66. The van der Waals surface area contributed by atoms with E-state index in [0.717, 1.165) is 6.42 Å². The zero-order chi connectivity index (χ0) is 13.1. The van der Waals surface area contributed by atoms with Crippen molar-refractivity contribution in [1.82, 2.24) is 0 Å². The fraction of sp³-hybridized carbons (Fsp3) is 0.462. The fourth-order valence-corrected chi connectivity index (χ4v) is 1.90. The monoisotopic (exact) mass is 257 g/mol. The average molecular weight is 258 g/mol. The summed E-state index contributed by atoms with van der Waals surface area (Å²) in [4.78, 5) is 12.0. The molecule has 0 aromatic heterocycles. The fourth-order valence-electron chi connectivity index (χ4n) is 1.70. The molecule has 1 aromatic carbocycles. The first kappa shape index (κ1) is 14.1. The molecule has 0 radical (unpaired) electrons. The van der Waals surface area contributed by atoms with Crippen LogP contribution in [0, 0.1) is 5.82 Å². The number of benzene rings is 1. The van der Waals surface area contributed by atoms with Crippen molar-refractivity contribution in [3.63, 3.8) is 0 Å². The lowest BCUT2D eigenvalue weighted by Crippen LogP contribution is -2.45. The third-order valence-corrected chi connectivity index (χ3v) is 3.04. The van der Waals surface area contributed by atoms with Gasteiger partial charge in [0.1, 0.15) is 5.82 Å². The number of halogens is 2. The molecule has 0 saturated carbocycles. The molecule has 0 spiro atoms. The van der Waals surface area contributed by atoms with Crippen LogP contribution in [0.15, 0.2) is 18.2 Å². The van der Waals surface area contributed by atoms with E-state index in [4.69, 9.17) is 17.3 Å². The van der Waals surface area contributed by atoms with Crippen molar-refractivity contribution >= 4 is 17.4 Å². The van der Waals surface area contributed by atoms with E-state index in [1.165, 1.54) is 12.1 Å². The first-order valence-electron chi connectivity index (χ1n) is 5.63. The highest BCUT2D eigenvalue weighted by Gasteiger charge is 2.26. The lowest BCUT2D eigenvalue weighted by molar-refractivity contribution is -0.123. The van der Waals surface area contributed by atoms with Crippen LogP contribution in [0.3, 0.4) is 0 Å². The second-order valence-electron chi connectivity index (χ2n) is 4.52. The normalized spacial score (nSPS) is 14.4. The number of nitrogens with two attached hydrogens (primary N) is 1. The molecule has 0 saturated heterocycles. The predicted octanol–water partition coefficient (Wildman–Crippen LogP) is 3.11. The Hall–Kier alpha value is -0.930. The zero-order valence-electron chi connectivity index (χ0n) is 10.1. The van der Waals surface area contributed by atoms with Crippen molar-refractivity contribution in [3.05, 3.63) is 34.6 Å². The maximum Gasteiger partial charge on any atom is 0.156 e. The maximum absolute atomic E-state index is 12.9. The first-order chi connectivity index (χ1) is 7.86. The smallest absolute Gasteiger partial charge is 0.156 e. The quantitative estimate of drug-likeness (QED) is 0.881. The van der Waals surface area contributed by atoms with E-state index in [1.54, 1.807) is 13.0 Å². The van der Waals surface area contributed by atoms with E-state index in [0.29, 0.717) is 12.0 Å². The number of Topliss-reactive ketones (excluding diaryl/α,β-unsaturated/α-hetero) is 1. The van der Waals surface area contributed by atoms with E-state index in [-0.39, 0.29) is 17.2 Å². The molecular weight excluding hydrogens is 241 g/mol. The molecule has 1 unspecified atom stereocenters. The molecule has 1 aromatic rings. The van der Waals surface area contributed by atoms with Gasteiger partial charge in [0, 0.05) is 6.42 Å². The topological polar surface area (TPSA) is 43.1 Å². The van der Waals surface area contributed by atoms with Gasteiger partial charge in [-0.3, -0.25) is 4.79 Å². The molecule has 0 fully saturated rings. The minimum atomic E-state index is -0.824. The van der Waals surface area contributed by atoms with Crippen LogP contribution >= 0.6 is 11.6 Å². The van der Waals surface area contributed by atoms with Crippen LogP contribution in [0.4, 0.5) is 4.39 Å². The molecule has 0 bridgehead atoms. The summed E-state index contributed by atoms with van der Waals surface area (Å²) in [5, 5.41) is 0.0320. The Labute approximate surface area is 106 Å². The number of hydrogen-bond donors (Lipinski definition) is 1. The first-order valence-corrected chi connectivity index (χ1v) is 6.00. The molecule has 4 heteroatoms. The second-order valence-corrected chi connectivity index (χ2v) is 4.92. The van der Waals surface area contributed by atoms with Gasteiger partial charge >= 0.3 is 0 Å². The van der Waals surface area contributed by atoms with E-state index in [1.807, 2.05) is 6.92 Å². The number of carbonyl (C=O) groups excluding carboxylic acids is 1. The number of ketones is 1. The lowest BCUT2D eigenvalue weighted by atomic mass is 9.88. The Morgan fingerprint density at radius 3 is 2.71 bits per heavy atom. The van der Waals surface area contributed by atoms with Crippen molar-refractivity contribution in [1.29, 1.82) is 0 Å². The average Bonchev–Trinajstić information content (AvgIpc) is 2.23. The summed E-state index contributed by atoms with van der Waals surface area (Å²) in [6.45, 7) is 3.71. The molecule has 0 amide bonds. The van der Waals surface area contributed by atoms with Gasteiger partial charge in [-0.05, 0) is 31.0 Å². The van der Waals surface area contributed by atoms with E-state index in [9.17, 15) is 9.18 Å². The lowest BCUT2D eigenvalue weighted by Gasteiger charge is -2.22. The molecule has 17 heavy (non-hydrogen) atoms. The molecule has 0 aliphatic carbocycles. The van der Waals surface area contributed by atoms with Crippen LogP contribution in [0.1, 0.15) is 32.3 Å². The SMILES string of the molecule is CCCC(C)(N)C(=O)Cc1ccc(F)c(Cl)c1. The highest BCUT2D eigenvalue weighted by atomic mass is 35.5. The van der Waals surface area contributed by atoms with Gasteiger partial charge in [0.2, 0.25) is 0 Å². The highest BCUT2D eigenvalue weighted by molar-refractivity contribution is 6.30. The Bertz CT molecular complexity index is 418. The Kier molecular flexibility index (Phi) is 4.66. The molecule has 2 nitrogen and oxygen atoms in total. The summed E-state index contributed by atoms with van der Waals surface area (Å²) in [6.07, 6.45) is 1.68. The van der Waals surface area contributed by atoms with Gasteiger partial charge in [0.15, 0.2) is 5.78 Å². The molecule has 0 aliphatic rings. The minimum absolute atomic E-state index is 0.0320. The third kappa shape index (κ3) is 3.79. The summed E-state index contributed by atoms with van der Waals surface area (Å²) < 4.78 is 12.9. The highest BCUT2D eigenvalue weighted by Crippen LogP contribution is 2.19. The van der Waals surface area contributed by atoms with Crippen molar-refractivity contribution < 1.29 is 9.18 Å². The van der Waals surface area contributed by atoms with Gasteiger partial charge in [0.25, 0.3) is 0 Å². The van der Waals surface area contributed by atoms with Gasteiger partial charge < -0.3 is 5.73 Å². The summed E-state index contributed by atoms with van der Waals surface area (Å²) in [7, 11) is 0. The van der Waals surface area contributed by atoms with Crippen LogP contribution in [-0.4, -0.2) is 11.3 Å². The van der Waals surface area contributed by atoms with Crippen molar-refractivity contribution in [2.75, 3.05) is 0 Å². The molecule has 1 rings (SSSR count). The van der Waals surface area contributed by atoms with Crippen LogP contribution < -0.4 is 5.73 Å². The largest absolute Gasteiger partial charge is 0.319 e. The molecular formula is C13H17ClFNO. The van der Waals surface area contributed by atoms with Crippen molar-refractivity contribution in [2.45, 2.75) is 38.6 Å². The number of rotatable bonds is 5. The molecule has 1 atom stereocenters. The zero-order valence-corrected chi connectivity index (χ0v) is 10.9.